The molecule has 0 amide bonds. The number of nitrogens with zero attached hydrogens (tertiary/aromatic N) is 4. The van der Waals surface area contributed by atoms with Crippen LogP contribution in [-0.4, -0.2) is 190 Å². The number of benzene rings is 2. The molecule has 73 heavy (non-hydrogen) atoms. The number of carbonyl (C=O) groups is 1. The van der Waals surface area contributed by atoms with Crippen LogP contribution in [-0.2, 0) is 42.3 Å². The molecule has 5 saturated heterocycles. The average molecular weight is 1090 g/mol. The zero-order chi connectivity index (χ0) is 52.3. The number of fused-ring (bicyclic) bond motifs is 4. The highest BCUT2D eigenvalue weighted by Crippen LogP contribution is 2.57. The zero-order valence-electron chi connectivity index (χ0n) is 39.7. The van der Waals surface area contributed by atoms with Gasteiger partial charge in [-0.25, -0.2) is 19.5 Å². The number of carbonyl (C=O) groups excluding carboxylic acids is 1. The number of aromatic hydroxyl groups is 1. The number of halogens is 2. The Morgan fingerprint density at radius 2 is 1.60 bits per heavy atom. The van der Waals surface area contributed by atoms with Crippen LogP contribution in [0.25, 0.3) is 0 Å². The number of nitrogens with two attached hydrogens (primary N) is 1. The molecule has 2 aromatic carbocycles. The standard InChI is InChI=1S/C29H32O13.C8H12N4O5.C7H15Cl2N2O2P/c1-11-36-9-20-27(40-11)24(31)25(32)29(41-20)42-26-14-7-17-16(38-10-39-17)6-13(14)21(22-15(26)8-37-28(22)33)12-4-18(34-2)23(30)19(5-12)35-3;9-7-10-2-12(8(16)11-7)6-5(15)4(14)3(1-13)17-6;8-2-5-11(6-3-9)14(12)10-4-1-7-13-14/h4-7,11,15,20-22,24-27,29-32H,8-10H2,1-3H3;2-6,13-15H,1H2,(H2,9,11,16);1-7H2,(H,10,12)/t11-,15+,20-,21-,22+,24-,25-,26-,27-,29+;3-,4-,5-,6-;/m11./s1. The monoisotopic (exact) mass is 1090 g/mol. The lowest BCUT2D eigenvalue weighted by atomic mass is 9.66. The normalized spacial score (nSPS) is 34.0. The van der Waals surface area contributed by atoms with Gasteiger partial charge in [0.15, 0.2) is 41.8 Å². The van der Waals surface area contributed by atoms with Gasteiger partial charge in [0.25, 0.3) is 0 Å². The van der Waals surface area contributed by atoms with Gasteiger partial charge < -0.3 is 88.3 Å². The summed E-state index contributed by atoms with van der Waals surface area (Å²) in [5.74, 6) is -0.376. The molecular weight excluding hydrogens is 1030 g/mol. The highest BCUT2D eigenvalue weighted by Gasteiger charge is 2.56. The van der Waals surface area contributed by atoms with Crippen molar-refractivity contribution in [2.45, 2.75) is 86.9 Å². The van der Waals surface area contributed by atoms with E-state index in [1.807, 2.05) is 0 Å². The molecule has 0 saturated carbocycles. The first-order valence-corrected chi connectivity index (χ1v) is 25.9. The summed E-state index contributed by atoms with van der Waals surface area (Å²) in [6, 6.07) is 6.93. The maximum Gasteiger partial charge on any atom is 0.354 e. The zero-order valence-corrected chi connectivity index (χ0v) is 42.1. The molecular formula is C44H59Cl2N6O20P. The van der Waals surface area contributed by atoms with E-state index >= 15 is 0 Å². The summed E-state index contributed by atoms with van der Waals surface area (Å²) in [6.07, 6.45) is -9.58. The molecule has 5 fully saturated rings. The largest absolute Gasteiger partial charge is 0.502 e. The Kier molecular flexibility index (Phi) is 17.9. The van der Waals surface area contributed by atoms with Crippen molar-refractivity contribution in [1.82, 2.24) is 24.3 Å². The van der Waals surface area contributed by atoms with Gasteiger partial charge >= 0.3 is 19.3 Å². The lowest BCUT2D eigenvalue weighted by Gasteiger charge is -2.47. The predicted molar refractivity (Wildman–Crippen MR) is 251 cm³/mol. The number of cyclic esters (lactones) is 1. The molecule has 1 aromatic heterocycles. The lowest BCUT2D eigenvalue weighted by Crippen LogP contribution is -2.63. The van der Waals surface area contributed by atoms with Crippen LogP contribution in [0.5, 0.6) is 28.7 Å². The second kappa shape index (κ2) is 23.8. The van der Waals surface area contributed by atoms with Crippen LogP contribution < -0.4 is 35.5 Å². The molecule has 10 rings (SSSR count). The number of ether oxygens (including phenoxy) is 10. The molecule has 7 aliphatic rings. The average Bonchev–Trinajstić information content (AvgIpc) is 4.09. The van der Waals surface area contributed by atoms with Gasteiger partial charge in [0.1, 0.15) is 49.1 Å². The number of aliphatic hydroxyl groups is 5. The quantitative estimate of drug-likeness (QED) is 0.0675. The minimum absolute atomic E-state index is 0.0301. The fourth-order valence-corrected chi connectivity index (χ4v) is 12.3. The Balaban J connectivity index is 0.000000187. The molecule has 0 radical (unpaired) electrons. The maximum absolute atomic E-state index is 13.4. The fourth-order valence-electron chi connectivity index (χ4n) is 9.65. The maximum atomic E-state index is 13.4. The Morgan fingerprint density at radius 1 is 0.918 bits per heavy atom. The van der Waals surface area contributed by atoms with Crippen LogP contribution in [0, 0.1) is 11.8 Å². The van der Waals surface area contributed by atoms with Gasteiger partial charge in [-0.3, -0.25) is 13.9 Å². The van der Waals surface area contributed by atoms with E-state index in [9.17, 15) is 39.7 Å². The number of rotatable bonds is 12. The smallest absolute Gasteiger partial charge is 0.354 e. The van der Waals surface area contributed by atoms with Crippen molar-refractivity contribution in [1.29, 1.82) is 0 Å². The Hall–Kier alpha value is -4.19. The van der Waals surface area contributed by atoms with Gasteiger partial charge in [0, 0.05) is 43.2 Å². The number of alkyl halides is 2. The molecule has 26 nitrogen and oxygen atoms in total. The van der Waals surface area contributed by atoms with Crippen molar-refractivity contribution in [2.75, 3.05) is 84.6 Å². The van der Waals surface area contributed by atoms with E-state index in [2.05, 4.69) is 15.1 Å². The van der Waals surface area contributed by atoms with Gasteiger partial charge in [-0.2, -0.15) is 4.98 Å². The van der Waals surface area contributed by atoms with Gasteiger partial charge in [-0.05, 0) is 54.3 Å². The molecule has 0 bridgehead atoms. The Labute approximate surface area is 427 Å². The number of nitrogens with one attached hydrogen (secondary N) is 1. The third-order valence-corrected chi connectivity index (χ3v) is 15.9. The van der Waals surface area contributed by atoms with Crippen molar-refractivity contribution in [3.05, 3.63) is 57.8 Å². The van der Waals surface area contributed by atoms with Crippen LogP contribution in [0.2, 0.25) is 0 Å². The molecule has 6 aliphatic heterocycles. The van der Waals surface area contributed by atoms with Crippen molar-refractivity contribution in [3.8, 4) is 28.7 Å². The van der Waals surface area contributed by atoms with Crippen LogP contribution in [0.1, 0.15) is 48.3 Å². The molecule has 9 N–H and O–H groups in total. The molecule has 1 unspecified atom stereocenters. The number of hydrogen-bond acceptors (Lipinski definition) is 23. The number of methoxy groups -OCH3 is 2. The number of esters is 1. The number of nitrogen functional groups attached to an aromatic ring is 1. The number of phenols is 1. The minimum Gasteiger partial charge on any atom is -0.502 e. The van der Waals surface area contributed by atoms with Crippen molar-refractivity contribution < 1.29 is 91.9 Å². The summed E-state index contributed by atoms with van der Waals surface area (Å²) in [5, 5.41) is 63.5. The Bertz CT molecular complexity index is 2480. The van der Waals surface area contributed by atoms with Gasteiger partial charge in [0.05, 0.1) is 52.7 Å². The van der Waals surface area contributed by atoms with Crippen LogP contribution in [0.3, 0.4) is 0 Å². The SMILES string of the molecule is COc1cc([C@@H]2c3cc4c(cc3[C@@H](O[C@@H]3O[C@@H]5CO[C@@H](C)O[C@H]5[C@H](O)[C@H]3O)[C@H]3COC(=O)[C@H]23)OCO4)cc(OC)c1O.Nc1ncn([C@@H]2O[C@H](CO)[C@@H](O)[C@H]2O)c(=O)n1.O=P1(N(CCCl)CCCl)NCCCO1. The lowest BCUT2D eigenvalue weighted by molar-refractivity contribution is -0.364. The van der Waals surface area contributed by atoms with Gasteiger partial charge in [0.2, 0.25) is 18.5 Å². The molecule has 0 spiro atoms. The summed E-state index contributed by atoms with van der Waals surface area (Å²) in [4.78, 5) is 31.8. The van der Waals surface area contributed by atoms with Crippen molar-refractivity contribution >= 4 is 42.8 Å². The molecule has 29 heteroatoms. The second-order valence-electron chi connectivity index (χ2n) is 17.6. The van der Waals surface area contributed by atoms with Crippen LogP contribution in [0.15, 0.2) is 35.4 Å². The predicted octanol–water partition coefficient (Wildman–Crippen LogP) is 0.0546. The Morgan fingerprint density at radius 3 is 2.21 bits per heavy atom. The van der Waals surface area contributed by atoms with Crippen molar-refractivity contribution in [2.24, 2.45) is 11.8 Å². The topological polar surface area (TPSA) is 346 Å². The van der Waals surface area contributed by atoms with Crippen molar-refractivity contribution in [3.63, 3.8) is 0 Å². The first-order valence-electron chi connectivity index (χ1n) is 23.2. The third-order valence-electron chi connectivity index (χ3n) is 13.2. The highest BCUT2D eigenvalue weighted by molar-refractivity contribution is 7.54. The molecule has 7 heterocycles. The van der Waals surface area contributed by atoms with E-state index in [-0.39, 0.29) is 43.2 Å². The first-order chi connectivity index (χ1) is 35.0. The van der Waals surface area contributed by atoms with Crippen LogP contribution in [0.4, 0.5) is 5.95 Å². The first kappa shape index (κ1) is 55.1. The summed E-state index contributed by atoms with van der Waals surface area (Å²) in [5.41, 5.74) is 6.47. The van der Waals surface area contributed by atoms with Gasteiger partial charge in [-0.1, -0.05) is 0 Å². The number of phenolic OH excluding ortho intramolecular Hbond substituents is 1. The molecule has 15 atom stereocenters. The number of aromatic nitrogens is 3. The number of aliphatic hydroxyl groups excluding tert-OH is 5. The molecule has 404 valence electrons. The molecule has 1 aliphatic carbocycles. The summed E-state index contributed by atoms with van der Waals surface area (Å²) >= 11 is 11.2. The summed E-state index contributed by atoms with van der Waals surface area (Å²) in [6.45, 7) is 3.76. The summed E-state index contributed by atoms with van der Waals surface area (Å²) in [7, 11) is 0.0173. The van der Waals surface area contributed by atoms with E-state index in [1.54, 1.807) is 35.9 Å². The highest BCUT2D eigenvalue weighted by atomic mass is 35.5. The minimum atomic E-state index is -2.84. The number of hydrogen-bond donors (Lipinski definition) is 8. The summed E-state index contributed by atoms with van der Waals surface area (Å²) < 4.78 is 76.7. The number of anilines is 1. The van der Waals surface area contributed by atoms with E-state index in [4.69, 9.17) is 85.9 Å². The van der Waals surface area contributed by atoms with E-state index in [0.717, 1.165) is 23.9 Å². The molecule has 3 aromatic rings. The second-order valence-corrected chi connectivity index (χ2v) is 20.5. The van der Waals surface area contributed by atoms with E-state index in [0.29, 0.717) is 59.6 Å². The van der Waals surface area contributed by atoms with Crippen LogP contribution >= 0.6 is 30.9 Å². The third kappa shape index (κ3) is 11.4. The van der Waals surface area contributed by atoms with E-state index < -0.39 is 111 Å². The fraction of sp³-hybridized carbons (Fsp3) is 0.636. The van der Waals surface area contributed by atoms with Gasteiger partial charge in [-0.15, -0.1) is 23.2 Å². The van der Waals surface area contributed by atoms with E-state index in [1.165, 1.54) is 14.2 Å².